The number of aromatic nitrogens is 1. The lowest BCUT2D eigenvalue weighted by Crippen LogP contribution is -2.26. The summed E-state index contributed by atoms with van der Waals surface area (Å²) in [6.07, 6.45) is 2.01. The highest BCUT2D eigenvalue weighted by Crippen LogP contribution is 2.29. The molecule has 1 aliphatic heterocycles. The first-order valence-corrected chi connectivity index (χ1v) is 10.2. The molecule has 0 saturated carbocycles. The number of hydrogen-bond donors (Lipinski definition) is 2. The lowest BCUT2D eigenvalue weighted by molar-refractivity contribution is 0.0695. The fraction of sp³-hybridized carbons (Fsp3) is 0.304. The van der Waals surface area contributed by atoms with Crippen molar-refractivity contribution in [1.82, 2.24) is 9.88 Å². The van der Waals surface area contributed by atoms with Gasteiger partial charge in [-0.25, -0.2) is 13.6 Å². The Balaban J connectivity index is 1.87. The molecule has 2 heterocycles. The normalized spacial score (nSPS) is 16.2. The van der Waals surface area contributed by atoms with E-state index in [0.717, 1.165) is 61.2 Å². The second-order valence-corrected chi connectivity index (χ2v) is 7.73. The number of halogens is 2. The van der Waals surface area contributed by atoms with Crippen LogP contribution in [0.3, 0.4) is 0 Å². The lowest BCUT2D eigenvalue weighted by atomic mass is 10.1. The van der Waals surface area contributed by atoms with Crippen LogP contribution in [0.5, 0.6) is 0 Å². The predicted molar refractivity (Wildman–Crippen MR) is 115 cm³/mol. The molecule has 8 heteroatoms. The Morgan fingerprint density at radius 2 is 1.97 bits per heavy atom. The van der Waals surface area contributed by atoms with Crippen LogP contribution in [0.1, 0.15) is 23.7 Å². The Bertz CT molecular complexity index is 1190. The number of carbonyl (C=O) groups is 1. The van der Waals surface area contributed by atoms with Gasteiger partial charge < -0.3 is 19.9 Å². The molecule has 0 spiro atoms. The number of anilines is 1. The van der Waals surface area contributed by atoms with E-state index in [0.29, 0.717) is 5.92 Å². The Hall–Kier alpha value is -3.26. The molecule has 3 aromatic rings. The molecule has 1 fully saturated rings. The highest BCUT2D eigenvalue weighted by Gasteiger charge is 2.24. The van der Waals surface area contributed by atoms with E-state index >= 15 is 0 Å². The summed E-state index contributed by atoms with van der Waals surface area (Å²) in [5.74, 6) is -2.67. The summed E-state index contributed by atoms with van der Waals surface area (Å²) >= 11 is 0. The van der Waals surface area contributed by atoms with Crippen molar-refractivity contribution in [2.45, 2.75) is 13.3 Å². The van der Waals surface area contributed by atoms with Crippen molar-refractivity contribution in [1.29, 1.82) is 0 Å². The van der Waals surface area contributed by atoms with Crippen molar-refractivity contribution in [3.05, 3.63) is 70.0 Å². The summed E-state index contributed by atoms with van der Waals surface area (Å²) in [6, 6.07) is 8.41. The van der Waals surface area contributed by atoms with Gasteiger partial charge in [0.25, 0.3) is 0 Å². The SMILES string of the molecule is CCNCC1CCN(c2ccc3c(=O)c(C(=O)O)cn(-c4c(F)cccc4F)c3c2)C1. The molecule has 2 aromatic carbocycles. The standard InChI is InChI=1S/C23H23F2N3O3/c1-2-26-11-14-8-9-27(12-14)15-6-7-16-20(10-15)28(13-17(22(16)29)23(30)31)21-18(24)4-3-5-19(21)25/h3-7,10,13-14,26H,2,8-9,11-12H2,1H3,(H,30,31). The fourth-order valence-corrected chi connectivity index (χ4v) is 4.15. The number of nitrogens with zero attached hydrogens (tertiary/aromatic N) is 2. The van der Waals surface area contributed by atoms with Crippen LogP contribution in [-0.4, -0.2) is 41.8 Å². The van der Waals surface area contributed by atoms with Crippen molar-refractivity contribution in [3.63, 3.8) is 0 Å². The molecular weight excluding hydrogens is 404 g/mol. The van der Waals surface area contributed by atoms with Crippen LogP contribution in [0.25, 0.3) is 16.6 Å². The quantitative estimate of drug-likeness (QED) is 0.631. The Labute approximate surface area is 177 Å². The zero-order valence-electron chi connectivity index (χ0n) is 17.1. The van der Waals surface area contributed by atoms with E-state index in [4.69, 9.17) is 0 Å². The van der Waals surface area contributed by atoms with Crippen LogP contribution in [-0.2, 0) is 0 Å². The molecule has 31 heavy (non-hydrogen) atoms. The van der Waals surface area contributed by atoms with Gasteiger partial charge >= 0.3 is 5.97 Å². The number of nitrogens with one attached hydrogen (secondary N) is 1. The van der Waals surface area contributed by atoms with E-state index in [2.05, 4.69) is 17.1 Å². The molecule has 0 radical (unpaired) electrons. The number of hydrogen-bond acceptors (Lipinski definition) is 4. The first kappa shape index (κ1) is 21.0. The summed E-state index contributed by atoms with van der Waals surface area (Å²) in [6.45, 7) is 5.52. The minimum atomic E-state index is -1.45. The zero-order chi connectivity index (χ0) is 22.1. The molecule has 1 aromatic heterocycles. The third kappa shape index (κ3) is 3.90. The van der Waals surface area contributed by atoms with E-state index in [9.17, 15) is 23.5 Å². The third-order valence-corrected chi connectivity index (χ3v) is 5.73. The molecule has 6 nitrogen and oxygen atoms in total. The second-order valence-electron chi connectivity index (χ2n) is 7.73. The number of pyridine rings is 1. The highest BCUT2D eigenvalue weighted by atomic mass is 19.1. The van der Waals surface area contributed by atoms with E-state index in [-0.39, 0.29) is 10.9 Å². The molecule has 2 N–H and O–H groups in total. The minimum absolute atomic E-state index is 0.0923. The number of para-hydroxylation sites is 1. The molecular formula is C23H23F2N3O3. The number of fused-ring (bicyclic) bond motifs is 1. The van der Waals surface area contributed by atoms with Gasteiger partial charge in [0.15, 0.2) is 0 Å². The summed E-state index contributed by atoms with van der Waals surface area (Å²) in [7, 11) is 0. The van der Waals surface area contributed by atoms with Gasteiger partial charge in [-0.3, -0.25) is 4.79 Å². The first-order valence-electron chi connectivity index (χ1n) is 10.2. The summed E-state index contributed by atoms with van der Waals surface area (Å²) < 4.78 is 30.3. The van der Waals surface area contributed by atoms with E-state index < -0.39 is 34.3 Å². The predicted octanol–water partition coefficient (Wildman–Crippen LogP) is 3.40. The molecule has 0 bridgehead atoms. The summed E-state index contributed by atoms with van der Waals surface area (Å²) in [4.78, 5) is 26.5. The molecule has 4 rings (SSSR count). The van der Waals surface area contributed by atoms with E-state index in [1.807, 2.05) is 0 Å². The van der Waals surface area contributed by atoms with Crippen LogP contribution < -0.4 is 15.6 Å². The second kappa shape index (κ2) is 8.47. The van der Waals surface area contributed by atoms with Gasteiger partial charge in [0.05, 0.1) is 5.52 Å². The van der Waals surface area contributed by atoms with Gasteiger partial charge in [-0.1, -0.05) is 13.0 Å². The molecule has 1 aliphatic rings. The number of aromatic carboxylic acids is 1. The largest absolute Gasteiger partial charge is 0.477 e. The van der Waals surface area contributed by atoms with Crippen molar-refractivity contribution >= 4 is 22.6 Å². The molecule has 1 atom stereocenters. The zero-order valence-corrected chi connectivity index (χ0v) is 17.1. The van der Waals surface area contributed by atoms with Crippen LogP contribution in [0.4, 0.5) is 14.5 Å². The van der Waals surface area contributed by atoms with Gasteiger partial charge in [-0.15, -0.1) is 0 Å². The van der Waals surface area contributed by atoms with Gasteiger partial charge in [0.1, 0.15) is 22.9 Å². The number of benzene rings is 2. The van der Waals surface area contributed by atoms with Crippen molar-refractivity contribution in [2.75, 3.05) is 31.1 Å². The van der Waals surface area contributed by atoms with Crippen LogP contribution in [0, 0.1) is 17.6 Å². The molecule has 1 unspecified atom stereocenters. The maximum absolute atomic E-state index is 14.6. The van der Waals surface area contributed by atoms with Crippen molar-refractivity contribution in [3.8, 4) is 5.69 Å². The number of carboxylic acid groups (broad SMARTS) is 1. The van der Waals surface area contributed by atoms with Crippen LogP contribution in [0.2, 0.25) is 0 Å². The Morgan fingerprint density at radius 1 is 1.23 bits per heavy atom. The van der Waals surface area contributed by atoms with Gasteiger partial charge in [0, 0.05) is 30.4 Å². The Morgan fingerprint density at radius 3 is 2.65 bits per heavy atom. The van der Waals surface area contributed by atoms with E-state index in [1.165, 1.54) is 12.1 Å². The average molecular weight is 427 g/mol. The van der Waals surface area contributed by atoms with Gasteiger partial charge in [-0.2, -0.15) is 0 Å². The maximum Gasteiger partial charge on any atom is 0.341 e. The summed E-state index contributed by atoms with van der Waals surface area (Å²) in [5.41, 5.74) is -0.576. The van der Waals surface area contributed by atoms with Gasteiger partial charge in [-0.05, 0) is 55.8 Å². The minimum Gasteiger partial charge on any atom is -0.477 e. The average Bonchev–Trinajstić information content (AvgIpc) is 3.22. The number of carboxylic acids is 1. The van der Waals surface area contributed by atoms with Crippen molar-refractivity contribution in [2.24, 2.45) is 5.92 Å². The van der Waals surface area contributed by atoms with E-state index in [1.54, 1.807) is 12.1 Å². The fourth-order valence-electron chi connectivity index (χ4n) is 4.15. The lowest BCUT2D eigenvalue weighted by Gasteiger charge is -2.21. The number of rotatable bonds is 6. The highest BCUT2D eigenvalue weighted by molar-refractivity contribution is 5.94. The molecule has 0 aliphatic carbocycles. The monoisotopic (exact) mass is 427 g/mol. The van der Waals surface area contributed by atoms with Crippen LogP contribution >= 0.6 is 0 Å². The molecule has 162 valence electrons. The van der Waals surface area contributed by atoms with Gasteiger partial charge in [0.2, 0.25) is 5.43 Å². The first-order chi connectivity index (χ1) is 14.9. The van der Waals surface area contributed by atoms with Crippen molar-refractivity contribution < 1.29 is 18.7 Å². The molecule has 1 saturated heterocycles. The Kier molecular flexibility index (Phi) is 5.73. The molecule has 0 amide bonds. The maximum atomic E-state index is 14.6. The van der Waals surface area contributed by atoms with Crippen LogP contribution in [0.15, 0.2) is 47.4 Å². The smallest absolute Gasteiger partial charge is 0.341 e. The summed E-state index contributed by atoms with van der Waals surface area (Å²) in [5, 5.41) is 12.9. The third-order valence-electron chi connectivity index (χ3n) is 5.73. The topological polar surface area (TPSA) is 74.6 Å².